The largest absolute Gasteiger partial charge is 0.350 e. The second kappa shape index (κ2) is 7.70. The molecule has 6 nitrogen and oxygen atoms in total. The number of aromatic nitrogens is 3. The molecule has 0 saturated carbocycles. The van der Waals surface area contributed by atoms with E-state index in [9.17, 15) is 9.59 Å². The number of hydrogen-bond donors (Lipinski definition) is 0. The van der Waals surface area contributed by atoms with Gasteiger partial charge in [0.05, 0.1) is 5.69 Å². The van der Waals surface area contributed by atoms with Crippen LogP contribution >= 0.6 is 0 Å². The van der Waals surface area contributed by atoms with Gasteiger partial charge in [-0.25, -0.2) is 14.0 Å². The van der Waals surface area contributed by atoms with Crippen molar-refractivity contribution in [3.05, 3.63) is 81.5 Å². The van der Waals surface area contributed by atoms with Gasteiger partial charge in [-0.1, -0.05) is 24.3 Å². The summed E-state index contributed by atoms with van der Waals surface area (Å²) in [7, 11) is 1.68. The number of piperidine rings is 1. The summed E-state index contributed by atoms with van der Waals surface area (Å²) in [5.74, 6) is 1.00. The van der Waals surface area contributed by atoms with Gasteiger partial charge in [-0.2, -0.15) is 5.10 Å². The summed E-state index contributed by atoms with van der Waals surface area (Å²) < 4.78 is 3.10. The quantitative estimate of drug-likeness (QED) is 0.690. The molecule has 1 amide bonds. The summed E-state index contributed by atoms with van der Waals surface area (Å²) in [5.41, 5.74) is 3.75. The topological polar surface area (TPSA) is 60.1 Å². The van der Waals surface area contributed by atoms with E-state index in [1.54, 1.807) is 11.6 Å². The number of nitrogens with zero attached hydrogens (tertiary/aromatic N) is 4. The van der Waals surface area contributed by atoms with Gasteiger partial charge in [0.15, 0.2) is 0 Å². The lowest BCUT2D eigenvalue weighted by atomic mass is 9.95. The van der Waals surface area contributed by atoms with E-state index in [1.165, 1.54) is 10.2 Å². The fourth-order valence-corrected chi connectivity index (χ4v) is 3.97. The van der Waals surface area contributed by atoms with Gasteiger partial charge in [-0.3, -0.25) is 4.79 Å². The Morgan fingerprint density at radius 2 is 1.69 bits per heavy atom. The molecule has 1 aliphatic rings. The van der Waals surface area contributed by atoms with Gasteiger partial charge in [-0.05, 0) is 62.1 Å². The lowest BCUT2D eigenvalue weighted by Crippen LogP contribution is -2.38. The van der Waals surface area contributed by atoms with Crippen molar-refractivity contribution in [3.8, 4) is 5.69 Å². The standard InChI is InChI=1S/C23H26N4O2/c1-16-9-10-19(15-17(16)2)22(28)26-13-11-18(12-14-26)21-24-25(3)23(29)27(21)20-7-5-4-6-8-20/h4-10,15,18H,11-14H2,1-3H3. The first kappa shape index (κ1) is 19.2. The highest BCUT2D eigenvalue weighted by Gasteiger charge is 2.29. The molecule has 0 unspecified atom stereocenters. The molecule has 2 heterocycles. The van der Waals surface area contributed by atoms with E-state index < -0.39 is 0 Å². The molecule has 1 fully saturated rings. The first-order chi connectivity index (χ1) is 14.0. The van der Waals surface area contributed by atoms with E-state index in [0.717, 1.165) is 35.5 Å². The Morgan fingerprint density at radius 3 is 2.34 bits per heavy atom. The van der Waals surface area contributed by atoms with Crippen LogP contribution in [0.25, 0.3) is 5.69 Å². The number of para-hydroxylation sites is 1. The van der Waals surface area contributed by atoms with E-state index >= 15 is 0 Å². The van der Waals surface area contributed by atoms with Crippen LogP contribution in [0, 0.1) is 13.8 Å². The minimum absolute atomic E-state index is 0.0769. The average Bonchev–Trinajstić information content (AvgIpc) is 3.05. The Balaban J connectivity index is 1.53. The van der Waals surface area contributed by atoms with Gasteiger partial charge in [0.25, 0.3) is 5.91 Å². The minimum atomic E-state index is -0.139. The fourth-order valence-electron chi connectivity index (χ4n) is 3.97. The summed E-state index contributed by atoms with van der Waals surface area (Å²) in [4.78, 5) is 27.5. The SMILES string of the molecule is Cc1ccc(C(=O)N2CCC(c3nn(C)c(=O)n3-c3ccccc3)CC2)cc1C. The smallest absolute Gasteiger partial charge is 0.339 e. The molecule has 150 valence electrons. The third kappa shape index (κ3) is 3.62. The normalized spacial score (nSPS) is 14.9. The number of hydrogen-bond acceptors (Lipinski definition) is 3. The summed E-state index contributed by atoms with van der Waals surface area (Å²) in [6, 6.07) is 15.5. The molecule has 0 radical (unpaired) electrons. The molecule has 1 aliphatic heterocycles. The number of carbonyl (C=O) groups is 1. The van der Waals surface area contributed by atoms with Gasteiger partial charge in [0.1, 0.15) is 5.82 Å². The number of benzene rings is 2. The molecule has 3 aromatic rings. The van der Waals surface area contributed by atoms with Gasteiger partial charge in [0.2, 0.25) is 0 Å². The number of rotatable bonds is 3. The zero-order chi connectivity index (χ0) is 20.5. The van der Waals surface area contributed by atoms with Crippen LogP contribution in [0.3, 0.4) is 0 Å². The molecular formula is C23H26N4O2. The van der Waals surface area contributed by atoms with Crippen LogP contribution in [0.15, 0.2) is 53.3 Å². The van der Waals surface area contributed by atoms with E-state index in [0.29, 0.717) is 13.1 Å². The van der Waals surface area contributed by atoms with E-state index in [1.807, 2.05) is 67.3 Å². The first-order valence-electron chi connectivity index (χ1n) is 10.0. The van der Waals surface area contributed by atoms with Crippen molar-refractivity contribution in [1.82, 2.24) is 19.2 Å². The van der Waals surface area contributed by atoms with Gasteiger partial charge < -0.3 is 4.90 Å². The maximum absolute atomic E-state index is 12.9. The van der Waals surface area contributed by atoms with Crippen LogP contribution in [0.1, 0.15) is 46.1 Å². The van der Waals surface area contributed by atoms with E-state index in [-0.39, 0.29) is 17.5 Å². The monoisotopic (exact) mass is 390 g/mol. The highest BCUT2D eigenvalue weighted by molar-refractivity contribution is 5.94. The predicted molar refractivity (Wildman–Crippen MR) is 113 cm³/mol. The van der Waals surface area contributed by atoms with Gasteiger partial charge in [-0.15, -0.1) is 0 Å². The Kier molecular flexibility index (Phi) is 5.09. The highest BCUT2D eigenvalue weighted by Crippen LogP contribution is 2.28. The Labute approximate surface area is 170 Å². The van der Waals surface area contributed by atoms with E-state index in [4.69, 9.17) is 0 Å². The van der Waals surface area contributed by atoms with Crippen LogP contribution in [-0.2, 0) is 7.05 Å². The van der Waals surface area contributed by atoms with Crippen molar-refractivity contribution in [2.75, 3.05) is 13.1 Å². The average molecular weight is 390 g/mol. The molecule has 0 spiro atoms. The third-order valence-corrected chi connectivity index (χ3v) is 5.87. The Hall–Kier alpha value is -3.15. The molecule has 29 heavy (non-hydrogen) atoms. The fraction of sp³-hybridized carbons (Fsp3) is 0.348. The van der Waals surface area contributed by atoms with Crippen LogP contribution in [0.5, 0.6) is 0 Å². The van der Waals surface area contributed by atoms with Crippen LogP contribution in [0.4, 0.5) is 0 Å². The lowest BCUT2D eigenvalue weighted by molar-refractivity contribution is 0.0710. The summed E-state index contributed by atoms with van der Waals surface area (Å²) in [6.07, 6.45) is 1.58. The number of carbonyl (C=O) groups excluding carboxylic acids is 1. The van der Waals surface area contributed by atoms with Gasteiger partial charge in [0, 0.05) is 31.6 Å². The van der Waals surface area contributed by atoms with E-state index in [2.05, 4.69) is 5.10 Å². The zero-order valence-corrected chi connectivity index (χ0v) is 17.1. The van der Waals surface area contributed by atoms with Crippen LogP contribution in [0.2, 0.25) is 0 Å². The van der Waals surface area contributed by atoms with Crippen molar-refractivity contribution in [3.63, 3.8) is 0 Å². The number of amides is 1. The summed E-state index contributed by atoms with van der Waals surface area (Å²) in [5, 5.41) is 4.52. The van der Waals surface area contributed by atoms with Crippen molar-refractivity contribution >= 4 is 5.91 Å². The molecule has 6 heteroatoms. The zero-order valence-electron chi connectivity index (χ0n) is 17.1. The maximum atomic E-state index is 12.9. The number of aryl methyl sites for hydroxylation is 3. The molecule has 4 rings (SSSR count). The van der Waals surface area contributed by atoms with Crippen molar-refractivity contribution in [2.24, 2.45) is 7.05 Å². The van der Waals surface area contributed by atoms with Gasteiger partial charge >= 0.3 is 5.69 Å². The van der Waals surface area contributed by atoms with Crippen molar-refractivity contribution in [1.29, 1.82) is 0 Å². The molecule has 0 aliphatic carbocycles. The van der Waals surface area contributed by atoms with Crippen LogP contribution in [-0.4, -0.2) is 38.2 Å². The molecule has 0 N–H and O–H groups in total. The molecule has 0 bridgehead atoms. The molecule has 2 aromatic carbocycles. The Bertz CT molecular complexity index is 1090. The molecule has 0 atom stereocenters. The highest BCUT2D eigenvalue weighted by atomic mass is 16.2. The van der Waals surface area contributed by atoms with Crippen LogP contribution < -0.4 is 5.69 Å². The second-order valence-electron chi connectivity index (χ2n) is 7.80. The third-order valence-electron chi connectivity index (χ3n) is 5.87. The van der Waals surface area contributed by atoms with Crippen molar-refractivity contribution < 1.29 is 4.79 Å². The predicted octanol–water partition coefficient (Wildman–Crippen LogP) is 3.21. The maximum Gasteiger partial charge on any atom is 0.350 e. The summed E-state index contributed by atoms with van der Waals surface area (Å²) in [6.45, 7) is 5.41. The number of likely N-dealkylation sites (tertiary alicyclic amines) is 1. The first-order valence-corrected chi connectivity index (χ1v) is 10.0. The lowest BCUT2D eigenvalue weighted by Gasteiger charge is -2.31. The summed E-state index contributed by atoms with van der Waals surface area (Å²) >= 11 is 0. The molecular weight excluding hydrogens is 364 g/mol. The van der Waals surface area contributed by atoms with Crippen molar-refractivity contribution in [2.45, 2.75) is 32.6 Å². The molecule has 1 aromatic heterocycles. The Morgan fingerprint density at radius 1 is 1.00 bits per heavy atom. The second-order valence-corrected chi connectivity index (χ2v) is 7.80. The minimum Gasteiger partial charge on any atom is -0.339 e. The molecule has 1 saturated heterocycles.